The number of piperidine rings is 1. The van der Waals surface area contributed by atoms with E-state index >= 15 is 0 Å². The second kappa shape index (κ2) is 6.94. The largest absolute Gasteiger partial charge is 0.342 e. The van der Waals surface area contributed by atoms with E-state index < -0.39 is 0 Å². The summed E-state index contributed by atoms with van der Waals surface area (Å²) < 4.78 is 0. The molecule has 0 bridgehead atoms. The third kappa shape index (κ3) is 4.96. The molecule has 0 aromatic heterocycles. The second-order valence-electron chi connectivity index (χ2n) is 6.58. The monoisotopic (exact) mass is 286 g/mol. The molecule has 1 aliphatic heterocycles. The fourth-order valence-corrected chi connectivity index (χ4v) is 2.96. The van der Waals surface area contributed by atoms with Crippen LogP contribution in [-0.4, -0.2) is 37.0 Å². The van der Waals surface area contributed by atoms with Gasteiger partial charge in [0.15, 0.2) is 0 Å². The highest BCUT2D eigenvalue weighted by atomic mass is 35.5. The molecule has 0 spiro atoms. The second-order valence-corrected chi connectivity index (χ2v) is 6.58. The maximum absolute atomic E-state index is 12.4. The fraction of sp³-hybridized carbons (Fsp3) is 0.933. The summed E-state index contributed by atoms with van der Waals surface area (Å²) in [5, 5.41) is 3.38. The molecule has 19 heavy (non-hydrogen) atoms. The number of hydrogen-bond acceptors (Lipinski definition) is 2. The SMILES string of the molecule is Cl.O=C(CC1CCNCC1)N(CC1CC1)CC1CC1. The molecule has 3 fully saturated rings. The van der Waals surface area contributed by atoms with E-state index in [0.717, 1.165) is 44.4 Å². The van der Waals surface area contributed by atoms with Crippen LogP contribution in [-0.2, 0) is 4.79 Å². The molecule has 3 nitrogen and oxygen atoms in total. The van der Waals surface area contributed by atoms with Gasteiger partial charge in [-0.2, -0.15) is 0 Å². The van der Waals surface area contributed by atoms with E-state index in [0.29, 0.717) is 11.8 Å². The van der Waals surface area contributed by atoms with Crippen LogP contribution in [0.25, 0.3) is 0 Å². The molecule has 2 saturated carbocycles. The lowest BCUT2D eigenvalue weighted by Crippen LogP contribution is -2.37. The van der Waals surface area contributed by atoms with Crippen molar-refractivity contribution in [2.24, 2.45) is 17.8 Å². The van der Waals surface area contributed by atoms with Gasteiger partial charge in [-0.05, 0) is 69.4 Å². The number of nitrogens with zero attached hydrogens (tertiary/aromatic N) is 1. The average molecular weight is 287 g/mol. The molecule has 0 aromatic carbocycles. The summed E-state index contributed by atoms with van der Waals surface area (Å²) in [4.78, 5) is 14.6. The quantitative estimate of drug-likeness (QED) is 0.813. The van der Waals surface area contributed by atoms with Gasteiger partial charge >= 0.3 is 0 Å². The number of carbonyl (C=O) groups is 1. The van der Waals surface area contributed by atoms with Crippen molar-refractivity contribution in [3.63, 3.8) is 0 Å². The topological polar surface area (TPSA) is 32.3 Å². The van der Waals surface area contributed by atoms with Crippen molar-refractivity contribution in [1.29, 1.82) is 0 Å². The number of halogens is 1. The first-order chi connectivity index (χ1) is 8.81. The van der Waals surface area contributed by atoms with Crippen LogP contribution in [0.2, 0.25) is 0 Å². The lowest BCUT2D eigenvalue weighted by Gasteiger charge is -2.27. The predicted octanol–water partition coefficient (Wildman–Crippen LogP) is 2.45. The van der Waals surface area contributed by atoms with Crippen LogP contribution in [0.1, 0.15) is 44.9 Å². The number of nitrogens with one attached hydrogen (secondary N) is 1. The molecule has 1 heterocycles. The molecule has 3 aliphatic rings. The molecular formula is C15H27ClN2O. The van der Waals surface area contributed by atoms with E-state index in [1.54, 1.807) is 0 Å². The highest BCUT2D eigenvalue weighted by Crippen LogP contribution is 2.34. The van der Waals surface area contributed by atoms with Crippen LogP contribution in [0.15, 0.2) is 0 Å². The number of amides is 1. The van der Waals surface area contributed by atoms with Crippen molar-refractivity contribution < 1.29 is 4.79 Å². The Bertz CT molecular complexity index is 283. The molecule has 2 aliphatic carbocycles. The van der Waals surface area contributed by atoms with Crippen molar-refractivity contribution in [2.45, 2.75) is 44.9 Å². The van der Waals surface area contributed by atoms with Gasteiger partial charge in [0, 0.05) is 19.5 Å². The third-order valence-corrected chi connectivity index (χ3v) is 4.63. The predicted molar refractivity (Wildman–Crippen MR) is 79.5 cm³/mol. The lowest BCUT2D eigenvalue weighted by molar-refractivity contribution is -0.133. The molecule has 3 rings (SSSR count). The minimum atomic E-state index is 0. The van der Waals surface area contributed by atoms with E-state index in [2.05, 4.69) is 10.2 Å². The molecule has 1 N–H and O–H groups in total. The van der Waals surface area contributed by atoms with Gasteiger partial charge in [-0.3, -0.25) is 4.79 Å². The van der Waals surface area contributed by atoms with Gasteiger partial charge in [0.1, 0.15) is 0 Å². The van der Waals surface area contributed by atoms with Crippen molar-refractivity contribution in [1.82, 2.24) is 10.2 Å². The normalized spacial score (nSPS) is 23.8. The van der Waals surface area contributed by atoms with Crippen molar-refractivity contribution in [3.05, 3.63) is 0 Å². The summed E-state index contributed by atoms with van der Waals surface area (Å²) in [6.45, 7) is 4.31. The minimum Gasteiger partial charge on any atom is -0.342 e. The molecule has 0 radical (unpaired) electrons. The maximum Gasteiger partial charge on any atom is 0.222 e. The summed E-state index contributed by atoms with van der Waals surface area (Å²) in [7, 11) is 0. The van der Waals surface area contributed by atoms with Gasteiger partial charge in [-0.15, -0.1) is 12.4 Å². The van der Waals surface area contributed by atoms with Crippen LogP contribution in [0.4, 0.5) is 0 Å². The first-order valence-electron chi connectivity index (χ1n) is 7.80. The van der Waals surface area contributed by atoms with E-state index in [9.17, 15) is 4.79 Å². The number of carbonyl (C=O) groups excluding carboxylic acids is 1. The standard InChI is InChI=1S/C15H26N2O.ClH/c18-15(9-12-5-7-16-8-6-12)17(10-13-1-2-13)11-14-3-4-14;/h12-14,16H,1-11H2;1H. The van der Waals surface area contributed by atoms with Gasteiger partial charge in [0.2, 0.25) is 5.91 Å². The molecule has 1 saturated heterocycles. The van der Waals surface area contributed by atoms with Gasteiger partial charge in [0.05, 0.1) is 0 Å². The molecule has 4 heteroatoms. The Balaban J connectivity index is 0.00000133. The summed E-state index contributed by atoms with van der Waals surface area (Å²) in [5.74, 6) is 2.75. The van der Waals surface area contributed by atoms with Gasteiger partial charge in [0.25, 0.3) is 0 Å². The van der Waals surface area contributed by atoms with Gasteiger partial charge in [-0.1, -0.05) is 0 Å². The van der Waals surface area contributed by atoms with E-state index in [-0.39, 0.29) is 12.4 Å². The first kappa shape index (κ1) is 15.1. The number of rotatable bonds is 6. The zero-order chi connectivity index (χ0) is 12.4. The van der Waals surface area contributed by atoms with Crippen LogP contribution < -0.4 is 5.32 Å². The summed E-state index contributed by atoms with van der Waals surface area (Å²) in [6, 6.07) is 0. The lowest BCUT2D eigenvalue weighted by atomic mass is 9.94. The zero-order valence-corrected chi connectivity index (χ0v) is 12.6. The van der Waals surface area contributed by atoms with Gasteiger partial charge in [-0.25, -0.2) is 0 Å². The minimum absolute atomic E-state index is 0. The third-order valence-electron chi connectivity index (χ3n) is 4.63. The Morgan fingerprint density at radius 1 is 0.895 bits per heavy atom. The Hall–Kier alpha value is -0.280. The smallest absolute Gasteiger partial charge is 0.222 e. The van der Waals surface area contributed by atoms with Crippen LogP contribution in [0.5, 0.6) is 0 Å². The van der Waals surface area contributed by atoms with Gasteiger partial charge < -0.3 is 10.2 Å². The molecular weight excluding hydrogens is 260 g/mol. The summed E-state index contributed by atoms with van der Waals surface area (Å²) in [5.41, 5.74) is 0. The van der Waals surface area contributed by atoms with Crippen molar-refractivity contribution in [3.8, 4) is 0 Å². The Kier molecular flexibility index (Phi) is 5.52. The van der Waals surface area contributed by atoms with Crippen molar-refractivity contribution >= 4 is 18.3 Å². The molecule has 0 unspecified atom stereocenters. The highest BCUT2D eigenvalue weighted by molar-refractivity contribution is 5.85. The molecule has 0 aromatic rings. The van der Waals surface area contributed by atoms with Crippen LogP contribution >= 0.6 is 12.4 Å². The Labute approximate surface area is 122 Å². The summed E-state index contributed by atoms with van der Waals surface area (Å²) >= 11 is 0. The fourth-order valence-electron chi connectivity index (χ4n) is 2.96. The zero-order valence-electron chi connectivity index (χ0n) is 11.8. The van der Waals surface area contributed by atoms with E-state index in [4.69, 9.17) is 0 Å². The van der Waals surface area contributed by atoms with Crippen molar-refractivity contribution in [2.75, 3.05) is 26.2 Å². The molecule has 0 atom stereocenters. The van der Waals surface area contributed by atoms with E-state index in [1.807, 2.05) is 0 Å². The highest BCUT2D eigenvalue weighted by Gasteiger charge is 2.32. The maximum atomic E-state index is 12.4. The molecule has 110 valence electrons. The Morgan fingerprint density at radius 3 is 1.89 bits per heavy atom. The van der Waals surface area contributed by atoms with E-state index in [1.165, 1.54) is 38.5 Å². The number of hydrogen-bond donors (Lipinski definition) is 1. The average Bonchev–Trinajstić information content (AvgIpc) is 3.24. The van der Waals surface area contributed by atoms with Crippen LogP contribution in [0, 0.1) is 17.8 Å². The van der Waals surface area contributed by atoms with Crippen LogP contribution in [0.3, 0.4) is 0 Å². The summed E-state index contributed by atoms with van der Waals surface area (Å²) in [6.07, 6.45) is 8.58. The Morgan fingerprint density at radius 2 is 1.42 bits per heavy atom. The first-order valence-corrected chi connectivity index (χ1v) is 7.80. The molecule has 1 amide bonds.